The Balaban J connectivity index is 1.40. The molecular weight excluding hydrogens is 320 g/mol. The van der Waals surface area contributed by atoms with Crippen LogP contribution in [0.2, 0.25) is 0 Å². The molecule has 24 heavy (non-hydrogen) atoms. The van der Waals surface area contributed by atoms with E-state index >= 15 is 0 Å². The monoisotopic (exact) mass is 338 g/mol. The number of carbonyl (C=O) groups is 1. The summed E-state index contributed by atoms with van der Waals surface area (Å²) in [5.74, 6) is 1.03. The molecule has 122 valence electrons. The van der Waals surface area contributed by atoms with Crippen molar-refractivity contribution in [3.63, 3.8) is 0 Å². The topological polar surface area (TPSA) is 36.7 Å². The van der Waals surface area contributed by atoms with Gasteiger partial charge in [-0.1, -0.05) is 6.07 Å². The summed E-state index contributed by atoms with van der Waals surface area (Å²) in [4.78, 5) is 17.5. The maximum absolute atomic E-state index is 12.4. The highest BCUT2D eigenvalue weighted by Crippen LogP contribution is 2.24. The minimum atomic E-state index is 0.151. The number of thiophene rings is 1. The Kier molecular flexibility index (Phi) is 4.09. The lowest BCUT2D eigenvalue weighted by Crippen LogP contribution is -2.48. The third-order valence-corrected chi connectivity index (χ3v) is 5.19. The molecule has 0 unspecified atom stereocenters. The van der Waals surface area contributed by atoms with Crippen LogP contribution in [0.15, 0.2) is 64.6 Å². The van der Waals surface area contributed by atoms with Crippen LogP contribution in [0, 0.1) is 0 Å². The van der Waals surface area contributed by atoms with Crippen molar-refractivity contribution in [3.8, 4) is 11.3 Å². The lowest BCUT2D eigenvalue weighted by atomic mass is 10.1. The highest BCUT2D eigenvalue weighted by Gasteiger charge is 2.22. The molecule has 1 fully saturated rings. The molecule has 0 N–H and O–H groups in total. The van der Waals surface area contributed by atoms with Crippen molar-refractivity contribution in [2.75, 3.05) is 31.1 Å². The highest BCUT2D eigenvalue weighted by atomic mass is 32.1. The van der Waals surface area contributed by atoms with E-state index in [1.54, 1.807) is 6.26 Å². The van der Waals surface area contributed by atoms with E-state index < -0.39 is 0 Å². The molecule has 0 atom stereocenters. The number of carbonyl (C=O) groups excluding carboxylic acids is 1. The van der Waals surface area contributed by atoms with Crippen LogP contribution < -0.4 is 4.90 Å². The van der Waals surface area contributed by atoms with Crippen LogP contribution in [-0.2, 0) is 0 Å². The number of nitrogens with zero attached hydrogens (tertiary/aromatic N) is 2. The summed E-state index contributed by atoms with van der Waals surface area (Å²) in [5, 5.41) is 1.95. The van der Waals surface area contributed by atoms with Crippen LogP contribution in [0.5, 0.6) is 0 Å². The highest BCUT2D eigenvalue weighted by molar-refractivity contribution is 7.12. The Hall–Kier alpha value is -2.53. The third kappa shape index (κ3) is 2.95. The van der Waals surface area contributed by atoms with Crippen LogP contribution in [0.1, 0.15) is 9.67 Å². The quantitative estimate of drug-likeness (QED) is 0.725. The molecule has 0 bridgehead atoms. The Morgan fingerprint density at radius 3 is 2.38 bits per heavy atom. The summed E-state index contributed by atoms with van der Waals surface area (Å²) >= 11 is 1.51. The Morgan fingerprint density at radius 1 is 0.958 bits per heavy atom. The smallest absolute Gasteiger partial charge is 0.264 e. The minimum absolute atomic E-state index is 0.151. The molecule has 1 aromatic carbocycles. The molecule has 0 radical (unpaired) electrons. The molecule has 4 nitrogen and oxygen atoms in total. The van der Waals surface area contributed by atoms with Gasteiger partial charge in [0.05, 0.1) is 11.1 Å². The molecule has 3 heterocycles. The molecule has 0 spiro atoms. The number of anilines is 1. The predicted octanol–water partition coefficient (Wildman–Crippen LogP) is 3.97. The van der Waals surface area contributed by atoms with E-state index in [1.165, 1.54) is 17.0 Å². The van der Waals surface area contributed by atoms with Gasteiger partial charge >= 0.3 is 0 Å². The first-order chi connectivity index (χ1) is 11.8. The fraction of sp³-hybridized carbons (Fsp3) is 0.211. The average molecular weight is 338 g/mol. The van der Waals surface area contributed by atoms with Gasteiger partial charge in [0.25, 0.3) is 5.91 Å². The van der Waals surface area contributed by atoms with Crippen molar-refractivity contribution in [1.29, 1.82) is 0 Å². The summed E-state index contributed by atoms with van der Waals surface area (Å²) in [6.07, 6.45) is 1.69. The Bertz CT molecular complexity index is 787. The molecule has 1 aliphatic heterocycles. The number of hydrogen-bond acceptors (Lipinski definition) is 4. The van der Waals surface area contributed by atoms with Crippen molar-refractivity contribution in [1.82, 2.24) is 4.90 Å². The van der Waals surface area contributed by atoms with Gasteiger partial charge in [-0.05, 0) is 47.8 Å². The van der Waals surface area contributed by atoms with E-state index in [9.17, 15) is 4.79 Å². The van der Waals surface area contributed by atoms with Crippen LogP contribution in [0.3, 0.4) is 0 Å². The van der Waals surface area contributed by atoms with Crippen molar-refractivity contribution in [3.05, 3.63) is 65.1 Å². The molecule has 4 rings (SSSR count). The number of amides is 1. The number of rotatable bonds is 3. The van der Waals surface area contributed by atoms with E-state index in [2.05, 4.69) is 29.2 Å². The van der Waals surface area contributed by atoms with Crippen molar-refractivity contribution < 1.29 is 9.21 Å². The van der Waals surface area contributed by atoms with Crippen LogP contribution in [0.25, 0.3) is 11.3 Å². The van der Waals surface area contributed by atoms with Gasteiger partial charge in [-0.3, -0.25) is 4.79 Å². The maximum Gasteiger partial charge on any atom is 0.264 e. The van der Waals surface area contributed by atoms with Crippen molar-refractivity contribution in [2.45, 2.75) is 0 Å². The number of hydrogen-bond donors (Lipinski definition) is 0. The molecule has 0 aliphatic carbocycles. The molecule has 1 saturated heterocycles. The van der Waals surface area contributed by atoms with E-state index in [0.717, 1.165) is 42.4 Å². The summed E-state index contributed by atoms with van der Waals surface area (Å²) in [6.45, 7) is 3.24. The van der Waals surface area contributed by atoms with Gasteiger partial charge in [-0.25, -0.2) is 0 Å². The molecule has 0 saturated carbocycles. The van der Waals surface area contributed by atoms with Crippen LogP contribution >= 0.6 is 11.3 Å². The van der Waals surface area contributed by atoms with Gasteiger partial charge < -0.3 is 14.2 Å². The molecule has 2 aromatic heterocycles. The molecular formula is C19H18N2O2S. The predicted molar refractivity (Wildman–Crippen MR) is 96.6 cm³/mol. The molecule has 1 amide bonds. The molecule has 1 aliphatic rings. The maximum atomic E-state index is 12.4. The fourth-order valence-corrected chi connectivity index (χ4v) is 3.69. The average Bonchev–Trinajstić information content (AvgIpc) is 3.35. The first kappa shape index (κ1) is 15.0. The number of benzene rings is 1. The Labute approximate surface area is 144 Å². The zero-order valence-corrected chi connectivity index (χ0v) is 14.0. The number of furan rings is 1. The second-order valence-electron chi connectivity index (χ2n) is 5.78. The fourth-order valence-electron chi connectivity index (χ4n) is 3.00. The summed E-state index contributed by atoms with van der Waals surface area (Å²) in [6, 6.07) is 16.1. The second kappa shape index (κ2) is 6.53. The largest absolute Gasteiger partial charge is 0.464 e. The van der Waals surface area contributed by atoms with E-state index in [-0.39, 0.29) is 5.91 Å². The zero-order valence-electron chi connectivity index (χ0n) is 13.2. The standard InChI is InChI=1S/C19H18N2O2S/c22-19(18-4-2-14-24-18)21-11-9-20(10-12-21)16-7-5-15(6-8-16)17-3-1-13-23-17/h1-8,13-14H,9-12H2. The summed E-state index contributed by atoms with van der Waals surface area (Å²) < 4.78 is 5.42. The van der Waals surface area contributed by atoms with Crippen molar-refractivity contribution >= 4 is 22.9 Å². The third-order valence-electron chi connectivity index (χ3n) is 4.34. The first-order valence-electron chi connectivity index (χ1n) is 8.03. The SMILES string of the molecule is O=C(c1cccs1)N1CCN(c2ccc(-c3ccco3)cc2)CC1. The van der Waals surface area contributed by atoms with Crippen LogP contribution in [0.4, 0.5) is 5.69 Å². The van der Waals surface area contributed by atoms with E-state index in [0.29, 0.717) is 0 Å². The van der Waals surface area contributed by atoms with Crippen LogP contribution in [-0.4, -0.2) is 37.0 Å². The Morgan fingerprint density at radius 2 is 1.75 bits per heavy atom. The lowest BCUT2D eigenvalue weighted by Gasteiger charge is -2.36. The van der Waals surface area contributed by atoms with Crippen molar-refractivity contribution in [2.24, 2.45) is 0 Å². The minimum Gasteiger partial charge on any atom is -0.464 e. The lowest BCUT2D eigenvalue weighted by molar-refractivity contribution is 0.0751. The van der Waals surface area contributed by atoms with Gasteiger partial charge in [-0.15, -0.1) is 11.3 Å². The first-order valence-corrected chi connectivity index (χ1v) is 8.91. The van der Waals surface area contributed by atoms with Gasteiger partial charge in [0, 0.05) is 37.4 Å². The zero-order chi connectivity index (χ0) is 16.4. The van der Waals surface area contributed by atoms with Gasteiger partial charge in [0.1, 0.15) is 5.76 Å². The molecule has 3 aromatic rings. The molecule has 5 heteroatoms. The number of piperazine rings is 1. The van der Waals surface area contributed by atoms with Gasteiger partial charge in [-0.2, -0.15) is 0 Å². The summed E-state index contributed by atoms with van der Waals surface area (Å²) in [7, 11) is 0. The summed E-state index contributed by atoms with van der Waals surface area (Å²) in [5.41, 5.74) is 2.27. The van der Waals surface area contributed by atoms with Gasteiger partial charge in [0.15, 0.2) is 0 Å². The van der Waals surface area contributed by atoms with Gasteiger partial charge in [0.2, 0.25) is 0 Å². The normalized spacial score (nSPS) is 14.8. The van der Waals surface area contributed by atoms with E-state index in [1.807, 2.05) is 34.5 Å². The second-order valence-corrected chi connectivity index (χ2v) is 6.73. The van der Waals surface area contributed by atoms with E-state index in [4.69, 9.17) is 4.42 Å².